The van der Waals surface area contributed by atoms with Gasteiger partial charge in [0.05, 0.1) is 12.6 Å². The minimum Gasteiger partial charge on any atom is -0.463 e. The van der Waals surface area contributed by atoms with E-state index in [0.717, 1.165) is 6.04 Å². The molecule has 0 saturated carbocycles. The van der Waals surface area contributed by atoms with E-state index in [1.165, 1.54) is 32.4 Å². The summed E-state index contributed by atoms with van der Waals surface area (Å²) in [4.78, 5) is 39.7. The van der Waals surface area contributed by atoms with Crippen LogP contribution in [0, 0.1) is 11.3 Å². The van der Waals surface area contributed by atoms with Gasteiger partial charge in [-0.05, 0) is 65.0 Å². The number of piperidine rings is 1. The molecule has 7 heteroatoms. The molecule has 0 aliphatic carbocycles. The Balaban J connectivity index is 0.000000938. The van der Waals surface area contributed by atoms with Gasteiger partial charge in [-0.1, -0.05) is 47.1 Å². The molecule has 1 saturated heterocycles. The summed E-state index contributed by atoms with van der Waals surface area (Å²) in [5.41, 5.74) is 0.0408. The normalized spacial score (nSPS) is 17.0. The Morgan fingerprint density at radius 3 is 2.00 bits per heavy atom. The van der Waals surface area contributed by atoms with Crippen LogP contribution in [0.15, 0.2) is 11.6 Å². The van der Waals surface area contributed by atoms with Gasteiger partial charge in [-0.25, -0.2) is 4.79 Å². The van der Waals surface area contributed by atoms with Crippen molar-refractivity contribution in [2.45, 2.75) is 99.7 Å². The van der Waals surface area contributed by atoms with E-state index in [0.29, 0.717) is 18.6 Å². The molecule has 1 fully saturated rings. The highest BCUT2D eigenvalue weighted by Gasteiger charge is 2.35. The molecule has 0 bridgehead atoms. The molecule has 0 aromatic rings. The number of likely N-dealkylation sites (N-methyl/N-ethyl adjacent to an activating group) is 1. The van der Waals surface area contributed by atoms with E-state index < -0.39 is 11.5 Å². The number of carbonyl (C=O) groups excluding carboxylic acids is 3. The first kappa shape index (κ1) is 31.1. The molecule has 1 heterocycles. The zero-order valence-electron chi connectivity index (χ0n) is 22.7. The maximum absolute atomic E-state index is 12.9. The standard InChI is InChI=1S/C18H32N2O4.C8H17N/c1-9-24-17(23)13(4)10-14(12(2)3)20(8)16(22)15(19-11-21)18(5,6)7;1-8(2)9-6-4-3-5-7-9/h10-12,14-15H,9H2,1-8H3,(H,19,21);8H,3-7H2,1-2H3/b13-10+;/t14-,15+;/m1./s1. The van der Waals surface area contributed by atoms with Crippen molar-refractivity contribution >= 4 is 18.3 Å². The van der Waals surface area contributed by atoms with E-state index in [9.17, 15) is 14.4 Å². The number of hydrogen-bond donors (Lipinski definition) is 1. The van der Waals surface area contributed by atoms with E-state index in [4.69, 9.17) is 4.74 Å². The van der Waals surface area contributed by atoms with Crippen LogP contribution in [0.4, 0.5) is 0 Å². The molecule has 0 radical (unpaired) electrons. The summed E-state index contributed by atoms with van der Waals surface area (Å²) in [6, 6.07) is -0.150. The maximum Gasteiger partial charge on any atom is 0.333 e. The topological polar surface area (TPSA) is 79.0 Å². The van der Waals surface area contributed by atoms with Crippen molar-refractivity contribution in [1.82, 2.24) is 15.1 Å². The van der Waals surface area contributed by atoms with Gasteiger partial charge in [0.1, 0.15) is 6.04 Å². The Hall–Kier alpha value is -1.89. The Kier molecular flexibility index (Phi) is 14.2. The Morgan fingerprint density at radius 2 is 1.64 bits per heavy atom. The van der Waals surface area contributed by atoms with Crippen LogP contribution >= 0.6 is 0 Å². The van der Waals surface area contributed by atoms with Crippen molar-refractivity contribution in [2.24, 2.45) is 11.3 Å². The highest BCUT2D eigenvalue weighted by molar-refractivity contribution is 5.88. The number of hydrogen-bond acceptors (Lipinski definition) is 5. The molecule has 2 amide bonds. The summed E-state index contributed by atoms with van der Waals surface area (Å²) in [6.45, 7) is 20.6. The first-order chi connectivity index (χ1) is 15.3. The first-order valence-corrected chi connectivity index (χ1v) is 12.3. The maximum atomic E-state index is 12.9. The van der Waals surface area contributed by atoms with Crippen molar-refractivity contribution in [3.05, 3.63) is 11.6 Å². The van der Waals surface area contributed by atoms with Gasteiger partial charge in [0, 0.05) is 18.7 Å². The predicted molar refractivity (Wildman–Crippen MR) is 135 cm³/mol. The van der Waals surface area contributed by atoms with Crippen molar-refractivity contribution in [1.29, 1.82) is 0 Å². The molecule has 0 aromatic carbocycles. The molecule has 33 heavy (non-hydrogen) atoms. The van der Waals surface area contributed by atoms with Gasteiger partial charge in [0.25, 0.3) is 0 Å². The third kappa shape index (κ3) is 11.2. The van der Waals surface area contributed by atoms with E-state index >= 15 is 0 Å². The average molecular weight is 468 g/mol. The van der Waals surface area contributed by atoms with Gasteiger partial charge in [-0.3, -0.25) is 9.59 Å². The van der Waals surface area contributed by atoms with Crippen molar-refractivity contribution in [2.75, 3.05) is 26.7 Å². The Bertz CT molecular complexity index is 632. The predicted octanol–water partition coefficient (Wildman–Crippen LogP) is 4.02. The highest BCUT2D eigenvalue weighted by atomic mass is 16.5. The lowest BCUT2D eigenvalue weighted by Crippen LogP contribution is -2.54. The largest absolute Gasteiger partial charge is 0.463 e. The minimum atomic E-state index is -0.641. The Labute approximate surface area is 202 Å². The lowest BCUT2D eigenvalue weighted by molar-refractivity contribution is -0.139. The number of esters is 1. The molecule has 1 N–H and O–H groups in total. The van der Waals surface area contributed by atoms with E-state index in [1.807, 2.05) is 34.6 Å². The zero-order valence-corrected chi connectivity index (χ0v) is 22.7. The van der Waals surface area contributed by atoms with Crippen molar-refractivity contribution < 1.29 is 19.1 Å². The van der Waals surface area contributed by atoms with Gasteiger partial charge in [-0.15, -0.1) is 0 Å². The average Bonchev–Trinajstić information content (AvgIpc) is 2.74. The molecule has 1 aliphatic rings. The third-order valence-corrected chi connectivity index (χ3v) is 5.96. The van der Waals surface area contributed by atoms with Gasteiger partial charge in [-0.2, -0.15) is 0 Å². The highest BCUT2D eigenvalue weighted by Crippen LogP contribution is 2.23. The fourth-order valence-electron chi connectivity index (χ4n) is 3.87. The number of rotatable bonds is 9. The fraction of sp³-hybridized carbons (Fsp3) is 0.808. The summed E-state index contributed by atoms with van der Waals surface area (Å²) < 4.78 is 5.00. The van der Waals surface area contributed by atoms with Crippen LogP contribution in [0.5, 0.6) is 0 Å². The second-order valence-electron chi connectivity index (χ2n) is 10.5. The number of amides is 2. The second kappa shape index (κ2) is 15.1. The second-order valence-corrected chi connectivity index (χ2v) is 10.5. The fourth-order valence-corrected chi connectivity index (χ4v) is 3.87. The van der Waals surface area contributed by atoms with Crippen LogP contribution in [0.25, 0.3) is 0 Å². The molecule has 2 atom stereocenters. The van der Waals surface area contributed by atoms with E-state index in [-0.39, 0.29) is 23.8 Å². The van der Waals surface area contributed by atoms with Gasteiger partial charge < -0.3 is 19.9 Å². The number of carbonyl (C=O) groups is 3. The summed E-state index contributed by atoms with van der Waals surface area (Å²) in [7, 11) is 1.69. The van der Waals surface area contributed by atoms with E-state index in [1.54, 1.807) is 31.9 Å². The molecule has 1 aliphatic heterocycles. The lowest BCUT2D eigenvalue weighted by Gasteiger charge is -2.36. The van der Waals surface area contributed by atoms with Crippen LogP contribution in [0.1, 0.15) is 81.6 Å². The number of likely N-dealkylation sites (tertiary alicyclic amines) is 1. The quantitative estimate of drug-likeness (QED) is 0.315. The minimum absolute atomic E-state index is 0.0974. The molecule has 7 nitrogen and oxygen atoms in total. The Morgan fingerprint density at radius 1 is 1.09 bits per heavy atom. The van der Waals surface area contributed by atoms with Crippen LogP contribution in [0.3, 0.4) is 0 Å². The molecule has 0 unspecified atom stereocenters. The summed E-state index contributed by atoms with van der Waals surface area (Å²) in [6.07, 6.45) is 6.58. The van der Waals surface area contributed by atoms with Crippen LogP contribution < -0.4 is 5.32 Å². The van der Waals surface area contributed by atoms with Crippen LogP contribution in [-0.4, -0.2) is 73.0 Å². The van der Waals surface area contributed by atoms with Crippen LogP contribution in [-0.2, 0) is 19.1 Å². The van der Waals surface area contributed by atoms with Crippen LogP contribution in [0.2, 0.25) is 0 Å². The number of ether oxygens (including phenoxy) is 1. The van der Waals surface area contributed by atoms with Gasteiger partial charge in [0.2, 0.25) is 12.3 Å². The smallest absolute Gasteiger partial charge is 0.333 e. The van der Waals surface area contributed by atoms with Crippen molar-refractivity contribution in [3.63, 3.8) is 0 Å². The summed E-state index contributed by atoms with van der Waals surface area (Å²) in [5.74, 6) is -0.483. The third-order valence-electron chi connectivity index (χ3n) is 5.96. The summed E-state index contributed by atoms with van der Waals surface area (Å²) in [5, 5.41) is 2.61. The number of nitrogens with zero attached hydrogens (tertiary/aromatic N) is 2. The molecule has 1 rings (SSSR count). The van der Waals surface area contributed by atoms with Gasteiger partial charge >= 0.3 is 5.97 Å². The molecular weight excluding hydrogens is 418 g/mol. The lowest BCUT2D eigenvalue weighted by atomic mass is 9.85. The summed E-state index contributed by atoms with van der Waals surface area (Å²) >= 11 is 0. The number of nitrogens with one attached hydrogen (secondary N) is 1. The molecule has 0 spiro atoms. The molecular formula is C26H49N3O4. The van der Waals surface area contributed by atoms with E-state index in [2.05, 4.69) is 24.1 Å². The molecule has 192 valence electrons. The van der Waals surface area contributed by atoms with Crippen molar-refractivity contribution in [3.8, 4) is 0 Å². The zero-order chi connectivity index (χ0) is 25.8. The SMILES string of the molecule is CC(C)N1CCCCC1.CCOC(=O)/C(C)=C/[C@H](C(C)C)N(C)C(=O)[C@H](NC=O)C(C)(C)C. The first-order valence-electron chi connectivity index (χ1n) is 12.3. The monoisotopic (exact) mass is 467 g/mol. The van der Waals surface area contributed by atoms with Gasteiger partial charge in [0.15, 0.2) is 0 Å². The molecule has 0 aromatic heterocycles.